The summed E-state index contributed by atoms with van der Waals surface area (Å²) in [6.07, 6.45) is 7.01. The molecule has 1 heterocycles. The van der Waals surface area contributed by atoms with Gasteiger partial charge in [0.05, 0.1) is 0 Å². The van der Waals surface area contributed by atoms with Crippen molar-refractivity contribution in [1.82, 2.24) is 4.90 Å². The Morgan fingerprint density at radius 2 is 2.08 bits per heavy atom. The van der Waals surface area contributed by atoms with Crippen LogP contribution in [0.1, 0.15) is 32.1 Å². The summed E-state index contributed by atoms with van der Waals surface area (Å²) in [5.41, 5.74) is 0. The van der Waals surface area contributed by atoms with Crippen LogP contribution >= 0.6 is 11.8 Å². The van der Waals surface area contributed by atoms with Gasteiger partial charge < -0.3 is 4.90 Å². The van der Waals surface area contributed by atoms with Crippen LogP contribution < -0.4 is 0 Å². The van der Waals surface area contributed by atoms with E-state index in [9.17, 15) is 0 Å². The number of hydrogen-bond acceptors (Lipinski definition) is 2. The summed E-state index contributed by atoms with van der Waals surface area (Å²) >= 11 is 1.99. The molecule has 1 saturated heterocycles. The second-order valence-corrected chi connectivity index (χ2v) is 5.19. The molecular formula is C10H18N2S. The van der Waals surface area contributed by atoms with E-state index in [1.807, 2.05) is 18.8 Å². The second-order valence-electron chi connectivity index (χ2n) is 3.98. The normalized spacial score (nSPS) is 37.7. The molecule has 2 atom stereocenters. The summed E-state index contributed by atoms with van der Waals surface area (Å²) in [5, 5.41) is 2.07. The monoisotopic (exact) mass is 198 g/mol. The highest BCUT2D eigenvalue weighted by Crippen LogP contribution is 2.38. The summed E-state index contributed by atoms with van der Waals surface area (Å²) in [6, 6.07) is 0.770. The van der Waals surface area contributed by atoms with Crippen molar-refractivity contribution < 1.29 is 0 Å². The first-order valence-electron chi connectivity index (χ1n) is 5.19. The minimum atomic E-state index is 0.770. The Hall–Kier alpha value is -0.180. The van der Waals surface area contributed by atoms with Crippen LogP contribution in [0.5, 0.6) is 0 Å². The van der Waals surface area contributed by atoms with Gasteiger partial charge in [-0.05, 0) is 12.8 Å². The van der Waals surface area contributed by atoms with Gasteiger partial charge >= 0.3 is 0 Å². The van der Waals surface area contributed by atoms with Crippen LogP contribution in [-0.2, 0) is 0 Å². The molecule has 13 heavy (non-hydrogen) atoms. The van der Waals surface area contributed by atoms with Crippen LogP contribution in [0, 0.1) is 0 Å². The average Bonchev–Trinajstić information content (AvgIpc) is 2.37. The predicted octanol–water partition coefficient (Wildman–Crippen LogP) is 2.35. The van der Waals surface area contributed by atoms with Gasteiger partial charge in [0.2, 0.25) is 0 Å². The van der Waals surface area contributed by atoms with Crippen molar-refractivity contribution in [2.75, 3.05) is 14.1 Å². The Kier molecular flexibility index (Phi) is 2.82. The Morgan fingerprint density at radius 3 is 2.85 bits per heavy atom. The third-order valence-electron chi connectivity index (χ3n) is 3.16. The molecule has 2 rings (SSSR count). The van der Waals surface area contributed by atoms with Crippen LogP contribution in [0.4, 0.5) is 0 Å². The lowest BCUT2D eigenvalue weighted by Gasteiger charge is -2.22. The number of rotatable bonds is 0. The molecule has 2 unspecified atom stereocenters. The molecule has 0 radical (unpaired) electrons. The smallest absolute Gasteiger partial charge is 0.159 e. The molecule has 74 valence electrons. The third kappa shape index (κ3) is 1.71. The molecule has 0 aromatic heterocycles. The van der Waals surface area contributed by atoms with E-state index in [0.29, 0.717) is 0 Å². The molecular weight excluding hydrogens is 180 g/mol. The minimum absolute atomic E-state index is 0.770. The average molecular weight is 198 g/mol. The van der Waals surface area contributed by atoms with E-state index in [-0.39, 0.29) is 0 Å². The number of nitrogens with zero attached hydrogens (tertiary/aromatic N) is 2. The predicted molar refractivity (Wildman–Crippen MR) is 59.4 cm³/mol. The number of thioether (sulfide) groups is 1. The molecule has 0 amide bonds. The van der Waals surface area contributed by atoms with Crippen molar-refractivity contribution in [2.24, 2.45) is 4.99 Å². The lowest BCUT2D eigenvalue weighted by molar-refractivity contribution is 0.356. The van der Waals surface area contributed by atoms with E-state index in [0.717, 1.165) is 11.3 Å². The third-order valence-corrected chi connectivity index (χ3v) is 4.70. The van der Waals surface area contributed by atoms with Crippen molar-refractivity contribution in [3.63, 3.8) is 0 Å². The van der Waals surface area contributed by atoms with Gasteiger partial charge in [-0.2, -0.15) is 0 Å². The van der Waals surface area contributed by atoms with Crippen LogP contribution in [0.25, 0.3) is 0 Å². The molecule has 0 N–H and O–H groups in total. The second kappa shape index (κ2) is 3.91. The van der Waals surface area contributed by atoms with Crippen molar-refractivity contribution >= 4 is 16.9 Å². The maximum absolute atomic E-state index is 4.33. The molecule has 2 fully saturated rings. The first-order valence-corrected chi connectivity index (χ1v) is 6.07. The van der Waals surface area contributed by atoms with Crippen molar-refractivity contribution in [3.8, 4) is 0 Å². The number of amidine groups is 1. The number of fused-ring (bicyclic) bond motifs is 1. The van der Waals surface area contributed by atoms with Gasteiger partial charge in [-0.15, -0.1) is 0 Å². The highest BCUT2D eigenvalue weighted by Gasteiger charge is 2.36. The van der Waals surface area contributed by atoms with Crippen LogP contribution in [0.2, 0.25) is 0 Å². The highest BCUT2D eigenvalue weighted by molar-refractivity contribution is 8.14. The van der Waals surface area contributed by atoms with E-state index in [4.69, 9.17) is 0 Å². The van der Waals surface area contributed by atoms with Gasteiger partial charge in [-0.25, -0.2) is 0 Å². The van der Waals surface area contributed by atoms with E-state index in [1.54, 1.807) is 0 Å². The fourth-order valence-corrected chi connectivity index (χ4v) is 3.84. The zero-order valence-corrected chi connectivity index (χ0v) is 9.31. The summed E-state index contributed by atoms with van der Waals surface area (Å²) < 4.78 is 0. The number of aliphatic imine (C=N–C) groups is 1. The summed E-state index contributed by atoms with van der Waals surface area (Å²) in [6.45, 7) is 0. The maximum atomic E-state index is 4.33. The highest BCUT2D eigenvalue weighted by atomic mass is 32.2. The molecule has 0 aromatic rings. The van der Waals surface area contributed by atoms with Crippen LogP contribution in [-0.4, -0.2) is 35.5 Å². The zero-order chi connectivity index (χ0) is 9.26. The largest absolute Gasteiger partial charge is 0.350 e. The van der Waals surface area contributed by atoms with E-state index in [2.05, 4.69) is 16.9 Å². The quantitative estimate of drug-likeness (QED) is 0.594. The van der Waals surface area contributed by atoms with Gasteiger partial charge in [0.15, 0.2) is 5.17 Å². The first kappa shape index (κ1) is 9.38. The Labute approximate surface area is 84.8 Å². The summed E-state index contributed by atoms with van der Waals surface area (Å²) in [4.78, 5) is 6.72. The molecule has 2 nitrogen and oxygen atoms in total. The van der Waals surface area contributed by atoms with Gasteiger partial charge in [-0.3, -0.25) is 4.99 Å². The fourth-order valence-electron chi connectivity index (χ4n) is 2.41. The maximum Gasteiger partial charge on any atom is 0.159 e. The van der Waals surface area contributed by atoms with Crippen LogP contribution in [0.3, 0.4) is 0 Å². The SMILES string of the molecule is C/N=C1/SC2CCCCCC2N1C. The van der Waals surface area contributed by atoms with Crippen molar-refractivity contribution in [3.05, 3.63) is 0 Å². The molecule has 0 aromatic carbocycles. The first-order chi connectivity index (χ1) is 6.33. The Bertz CT molecular complexity index is 215. The molecule has 1 aliphatic heterocycles. The summed E-state index contributed by atoms with van der Waals surface area (Å²) in [7, 11) is 4.11. The minimum Gasteiger partial charge on any atom is -0.350 e. The number of hydrogen-bond donors (Lipinski definition) is 0. The van der Waals surface area contributed by atoms with Gasteiger partial charge in [0, 0.05) is 25.4 Å². The van der Waals surface area contributed by atoms with E-state index >= 15 is 0 Å². The van der Waals surface area contributed by atoms with E-state index < -0.39 is 0 Å². The standard InChI is InChI=1S/C10H18N2S/c1-11-10-12(2)8-6-4-3-5-7-9(8)13-10/h8-9H,3-7H2,1-2H3/b11-10+. The van der Waals surface area contributed by atoms with E-state index in [1.165, 1.54) is 37.3 Å². The Balaban J connectivity index is 2.11. The molecule has 1 aliphatic carbocycles. The molecule has 0 bridgehead atoms. The lowest BCUT2D eigenvalue weighted by atomic mass is 10.1. The van der Waals surface area contributed by atoms with Crippen molar-refractivity contribution in [2.45, 2.75) is 43.4 Å². The Morgan fingerprint density at radius 1 is 1.31 bits per heavy atom. The topological polar surface area (TPSA) is 15.6 Å². The lowest BCUT2D eigenvalue weighted by Crippen LogP contribution is -2.32. The molecule has 2 aliphatic rings. The van der Waals surface area contributed by atoms with Gasteiger partial charge in [0.25, 0.3) is 0 Å². The zero-order valence-electron chi connectivity index (χ0n) is 8.49. The molecule has 3 heteroatoms. The fraction of sp³-hybridized carbons (Fsp3) is 0.900. The van der Waals surface area contributed by atoms with Crippen LogP contribution in [0.15, 0.2) is 4.99 Å². The van der Waals surface area contributed by atoms with Gasteiger partial charge in [-0.1, -0.05) is 31.0 Å². The van der Waals surface area contributed by atoms with Gasteiger partial charge in [0.1, 0.15) is 0 Å². The molecule has 0 spiro atoms. The molecule has 1 saturated carbocycles. The summed E-state index contributed by atoms with van der Waals surface area (Å²) in [5.74, 6) is 0. The van der Waals surface area contributed by atoms with Crippen molar-refractivity contribution in [1.29, 1.82) is 0 Å².